The predicted octanol–water partition coefficient (Wildman–Crippen LogP) is 1.35. The van der Waals surface area contributed by atoms with Gasteiger partial charge in [0.15, 0.2) is 6.17 Å². The summed E-state index contributed by atoms with van der Waals surface area (Å²) in [6.45, 7) is 3.49. The number of nitrogens with one attached hydrogen (secondary N) is 2. The molecule has 2 saturated heterocycles. The van der Waals surface area contributed by atoms with Crippen molar-refractivity contribution in [1.29, 1.82) is 0 Å². The molecule has 0 amide bonds. The van der Waals surface area contributed by atoms with Crippen LogP contribution in [0.5, 0.6) is 0 Å². The molecule has 1 aromatic rings. The molecule has 4 nitrogen and oxygen atoms in total. The second-order valence-corrected chi connectivity index (χ2v) is 5.33. The van der Waals surface area contributed by atoms with Gasteiger partial charge in [-0.25, -0.2) is 0 Å². The molecule has 0 radical (unpaired) electrons. The molecule has 1 aromatic carbocycles. The summed E-state index contributed by atoms with van der Waals surface area (Å²) >= 11 is 0. The van der Waals surface area contributed by atoms with Crippen molar-refractivity contribution in [3.63, 3.8) is 0 Å². The normalized spacial score (nSPS) is 33.7. The Labute approximate surface area is 108 Å². The smallest absolute Gasteiger partial charge is 0.169 e. The topological polar surface area (TPSA) is 47.1 Å². The van der Waals surface area contributed by atoms with Gasteiger partial charge in [0.2, 0.25) is 0 Å². The van der Waals surface area contributed by atoms with Gasteiger partial charge in [-0.1, -0.05) is 30.3 Å². The van der Waals surface area contributed by atoms with E-state index in [1.165, 1.54) is 0 Å². The Hall–Kier alpha value is -0.940. The molecule has 0 aromatic heterocycles. The highest BCUT2D eigenvalue weighted by Gasteiger charge is 2.41. The molecule has 2 N–H and O–H groups in total. The lowest BCUT2D eigenvalue weighted by atomic mass is 10.0. The predicted molar refractivity (Wildman–Crippen MR) is 71.6 cm³/mol. The molecule has 3 rings (SSSR count). The van der Waals surface area contributed by atoms with Crippen LogP contribution in [0.15, 0.2) is 30.3 Å². The monoisotopic (exact) mass is 247 g/mol. The van der Waals surface area contributed by atoms with E-state index in [4.69, 9.17) is 0 Å². The van der Waals surface area contributed by atoms with E-state index in [0.29, 0.717) is 6.54 Å². The zero-order chi connectivity index (χ0) is 12.4. The third kappa shape index (κ3) is 2.06. The summed E-state index contributed by atoms with van der Waals surface area (Å²) in [4.78, 5) is 0. The fourth-order valence-corrected chi connectivity index (χ4v) is 3.30. The van der Waals surface area contributed by atoms with Crippen LogP contribution in [0.1, 0.15) is 24.6 Å². The fourth-order valence-electron chi connectivity index (χ4n) is 3.30. The summed E-state index contributed by atoms with van der Waals surface area (Å²) in [6.07, 6.45) is 1.91. The van der Waals surface area contributed by atoms with Gasteiger partial charge in [0.25, 0.3) is 0 Å². The first-order chi connectivity index (χ1) is 8.81. The molecular weight excluding hydrogens is 226 g/mol. The largest absolute Gasteiger partial charge is 0.631 e. The molecule has 2 aliphatic heterocycles. The summed E-state index contributed by atoms with van der Waals surface area (Å²) in [5.41, 5.74) is 1.13. The number of rotatable bonds is 2. The zero-order valence-electron chi connectivity index (χ0n) is 10.6. The van der Waals surface area contributed by atoms with Crippen molar-refractivity contribution in [3.8, 4) is 0 Å². The van der Waals surface area contributed by atoms with Crippen molar-refractivity contribution >= 4 is 0 Å². The van der Waals surface area contributed by atoms with Crippen LogP contribution in [0, 0.1) is 5.21 Å². The fraction of sp³-hybridized carbons (Fsp3) is 0.571. The lowest BCUT2D eigenvalue weighted by Crippen LogP contribution is -2.54. The first kappa shape index (κ1) is 12.1. The highest BCUT2D eigenvalue weighted by Crippen LogP contribution is 2.35. The number of nitrogens with zero attached hydrogens (tertiary/aromatic N) is 1. The van der Waals surface area contributed by atoms with Crippen molar-refractivity contribution in [1.82, 2.24) is 10.6 Å². The molecule has 0 bridgehead atoms. The van der Waals surface area contributed by atoms with Crippen LogP contribution in [0.4, 0.5) is 0 Å². The van der Waals surface area contributed by atoms with Gasteiger partial charge in [-0.05, 0) is 0 Å². The highest BCUT2D eigenvalue weighted by molar-refractivity contribution is 5.17. The maximum absolute atomic E-state index is 13.2. The maximum atomic E-state index is 13.2. The summed E-state index contributed by atoms with van der Waals surface area (Å²) < 4.78 is -0.0777. The van der Waals surface area contributed by atoms with Gasteiger partial charge in [0.1, 0.15) is 0 Å². The summed E-state index contributed by atoms with van der Waals surface area (Å²) in [7, 11) is 0. The van der Waals surface area contributed by atoms with Crippen molar-refractivity contribution in [3.05, 3.63) is 41.1 Å². The first-order valence-electron chi connectivity index (χ1n) is 6.88. The van der Waals surface area contributed by atoms with Crippen LogP contribution in [0.2, 0.25) is 0 Å². The summed E-state index contributed by atoms with van der Waals surface area (Å²) in [5, 5.41) is 20.0. The van der Waals surface area contributed by atoms with E-state index in [9.17, 15) is 5.21 Å². The Morgan fingerprint density at radius 1 is 1.06 bits per heavy atom. The van der Waals surface area contributed by atoms with Crippen molar-refractivity contribution in [2.75, 3.05) is 26.2 Å². The van der Waals surface area contributed by atoms with Gasteiger partial charge >= 0.3 is 0 Å². The van der Waals surface area contributed by atoms with Crippen LogP contribution < -0.4 is 10.6 Å². The first-order valence-corrected chi connectivity index (χ1v) is 6.88. The van der Waals surface area contributed by atoms with Crippen LogP contribution in [-0.2, 0) is 0 Å². The van der Waals surface area contributed by atoms with E-state index in [-0.39, 0.29) is 16.9 Å². The number of quaternary nitrogens is 1. The molecule has 98 valence electrons. The summed E-state index contributed by atoms with van der Waals surface area (Å²) in [6, 6.07) is 10.4. The minimum atomic E-state index is -0.0777. The maximum Gasteiger partial charge on any atom is 0.169 e. The number of piperidine rings is 1. The Bertz CT molecular complexity index is 391. The summed E-state index contributed by atoms with van der Waals surface area (Å²) in [5.74, 6) is 0. The van der Waals surface area contributed by atoms with Crippen LogP contribution in [-0.4, -0.2) is 36.9 Å². The SMILES string of the molecule is [O-][N+]1(C2CCNCC2)CCNC1c1ccccc1. The van der Waals surface area contributed by atoms with Crippen molar-refractivity contribution in [2.45, 2.75) is 25.0 Å². The number of hydrogen-bond acceptors (Lipinski definition) is 3. The third-order valence-electron chi connectivity index (χ3n) is 4.28. The van der Waals surface area contributed by atoms with Gasteiger partial charge in [-0.3, -0.25) is 5.32 Å². The molecule has 0 saturated carbocycles. The molecular formula is C14H21N3O. The van der Waals surface area contributed by atoms with Crippen LogP contribution >= 0.6 is 0 Å². The lowest BCUT2D eigenvalue weighted by Gasteiger charge is -2.50. The average Bonchev–Trinajstić information content (AvgIpc) is 2.84. The highest BCUT2D eigenvalue weighted by atomic mass is 16.6. The zero-order valence-corrected chi connectivity index (χ0v) is 10.6. The third-order valence-corrected chi connectivity index (χ3v) is 4.28. The minimum absolute atomic E-state index is 0.0747. The van der Waals surface area contributed by atoms with E-state index in [1.807, 2.05) is 18.2 Å². The van der Waals surface area contributed by atoms with Crippen molar-refractivity contribution in [2.24, 2.45) is 0 Å². The standard InChI is InChI=1S/C14H21N3O/c18-17(13-6-8-15-9-7-13)11-10-16-14(17)12-4-2-1-3-5-12/h1-5,13-16H,6-11H2. The molecule has 0 spiro atoms. The second-order valence-electron chi connectivity index (χ2n) is 5.33. The van der Waals surface area contributed by atoms with Gasteiger partial charge in [0.05, 0.1) is 19.1 Å². The van der Waals surface area contributed by atoms with E-state index < -0.39 is 0 Å². The minimum Gasteiger partial charge on any atom is -0.631 e. The van der Waals surface area contributed by atoms with E-state index in [0.717, 1.165) is 38.0 Å². The molecule has 2 unspecified atom stereocenters. The van der Waals surface area contributed by atoms with Gasteiger partial charge < -0.3 is 15.2 Å². The molecule has 2 fully saturated rings. The molecule has 4 heteroatoms. The average molecular weight is 247 g/mol. The van der Waals surface area contributed by atoms with Gasteiger partial charge in [-0.15, -0.1) is 0 Å². The Morgan fingerprint density at radius 3 is 2.50 bits per heavy atom. The Morgan fingerprint density at radius 2 is 1.78 bits per heavy atom. The molecule has 2 heterocycles. The van der Waals surface area contributed by atoms with E-state index in [2.05, 4.69) is 22.8 Å². The quantitative estimate of drug-likeness (QED) is 0.612. The van der Waals surface area contributed by atoms with Gasteiger partial charge in [0, 0.05) is 31.5 Å². The number of benzene rings is 1. The second kappa shape index (κ2) is 4.97. The van der Waals surface area contributed by atoms with Crippen LogP contribution in [0.25, 0.3) is 0 Å². The van der Waals surface area contributed by atoms with Crippen LogP contribution in [0.3, 0.4) is 0 Å². The van der Waals surface area contributed by atoms with Crippen molar-refractivity contribution < 1.29 is 4.65 Å². The lowest BCUT2D eigenvalue weighted by molar-refractivity contribution is -0.924. The van der Waals surface area contributed by atoms with E-state index >= 15 is 0 Å². The van der Waals surface area contributed by atoms with E-state index in [1.54, 1.807) is 0 Å². The molecule has 2 atom stereocenters. The van der Waals surface area contributed by atoms with Gasteiger partial charge in [-0.2, -0.15) is 0 Å². The molecule has 0 aliphatic carbocycles. The molecule has 2 aliphatic rings. The number of hydroxylamine groups is 3. The Kier molecular flexibility index (Phi) is 3.35. The molecule has 18 heavy (non-hydrogen) atoms. The number of hydrogen-bond donors (Lipinski definition) is 2. The Balaban J connectivity index is 1.85.